The lowest BCUT2D eigenvalue weighted by molar-refractivity contribution is -0.385. The number of ketones is 1. The molecule has 0 fully saturated rings. The fourth-order valence-electron chi connectivity index (χ4n) is 4.39. The van der Waals surface area contributed by atoms with Gasteiger partial charge in [0.05, 0.1) is 22.7 Å². The maximum Gasteiger partial charge on any atom is 0.276 e. The number of nitro benzene ring substituents is 1. The Morgan fingerprint density at radius 2 is 1.39 bits per heavy atom. The van der Waals surface area contributed by atoms with Gasteiger partial charge in [-0.05, 0) is 24.6 Å². The number of nitrogens with zero attached hydrogens (tertiary/aromatic N) is 1. The third kappa shape index (κ3) is 9.33. The standard InChI is InChI=1S/C32H39NO5/c1-2-3-4-5-6-7-8-9-10-16-23-37-28-21-22-29(32(34)26-17-12-11-13-18-26)31(24-28)38-25-27-19-14-15-20-30(27)33(35)36/h11-15,17-22,24H,2-10,16,23,25H2,1H3. The number of unbranched alkanes of at least 4 members (excludes halogenated alkanes) is 9. The Morgan fingerprint density at radius 3 is 2.08 bits per heavy atom. The first-order chi connectivity index (χ1) is 18.6. The van der Waals surface area contributed by atoms with Crippen LogP contribution >= 0.6 is 0 Å². The van der Waals surface area contributed by atoms with Crippen LogP contribution in [-0.2, 0) is 6.61 Å². The van der Waals surface area contributed by atoms with Gasteiger partial charge in [-0.1, -0.05) is 107 Å². The number of benzene rings is 3. The van der Waals surface area contributed by atoms with E-state index in [1.807, 2.05) is 18.2 Å². The smallest absolute Gasteiger partial charge is 0.276 e. The van der Waals surface area contributed by atoms with Crippen LogP contribution in [0.2, 0.25) is 0 Å². The van der Waals surface area contributed by atoms with Crippen LogP contribution in [0.3, 0.4) is 0 Å². The second-order valence-corrected chi connectivity index (χ2v) is 9.56. The number of hydrogen-bond acceptors (Lipinski definition) is 5. The van der Waals surface area contributed by atoms with Gasteiger partial charge in [-0.15, -0.1) is 0 Å². The minimum absolute atomic E-state index is 0.0169. The first kappa shape index (κ1) is 28.9. The summed E-state index contributed by atoms with van der Waals surface area (Å²) in [5.41, 5.74) is 1.35. The van der Waals surface area contributed by atoms with Crippen LogP contribution in [0.25, 0.3) is 0 Å². The van der Waals surface area contributed by atoms with Gasteiger partial charge in [-0.3, -0.25) is 14.9 Å². The highest BCUT2D eigenvalue weighted by Gasteiger charge is 2.18. The second-order valence-electron chi connectivity index (χ2n) is 9.56. The van der Waals surface area contributed by atoms with E-state index in [9.17, 15) is 14.9 Å². The largest absolute Gasteiger partial charge is 0.493 e. The van der Waals surface area contributed by atoms with E-state index < -0.39 is 4.92 Å². The number of ether oxygens (including phenoxy) is 2. The number of rotatable bonds is 18. The quantitative estimate of drug-likeness (QED) is 0.0729. The van der Waals surface area contributed by atoms with Crippen molar-refractivity contribution in [2.75, 3.05) is 6.61 Å². The minimum atomic E-state index is -0.430. The number of para-hydroxylation sites is 1. The third-order valence-electron chi connectivity index (χ3n) is 6.57. The van der Waals surface area contributed by atoms with Crippen LogP contribution in [0.4, 0.5) is 5.69 Å². The van der Waals surface area contributed by atoms with Gasteiger partial charge in [0.2, 0.25) is 0 Å². The van der Waals surface area contributed by atoms with Crippen molar-refractivity contribution in [3.05, 3.63) is 99.6 Å². The SMILES string of the molecule is CCCCCCCCCCCCOc1ccc(C(=O)c2ccccc2)c(OCc2ccccc2[N+](=O)[O-])c1. The van der Waals surface area contributed by atoms with E-state index in [4.69, 9.17) is 9.47 Å². The molecule has 6 heteroatoms. The summed E-state index contributed by atoms with van der Waals surface area (Å²) in [4.78, 5) is 24.2. The predicted octanol–water partition coefficient (Wildman–Crippen LogP) is 8.70. The molecule has 202 valence electrons. The summed E-state index contributed by atoms with van der Waals surface area (Å²) in [5.74, 6) is 0.782. The lowest BCUT2D eigenvalue weighted by atomic mass is 10.0. The summed E-state index contributed by atoms with van der Waals surface area (Å²) < 4.78 is 12.0. The Labute approximate surface area is 226 Å². The van der Waals surface area contributed by atoms with Crippen molar-refractivity contribution in [3.63, 3.8) is 0 Å². The Balaban J connectivity index is 1.59. The van der Waals surface area contributed by atoms with Crippen LogP contribution < -0.4 is 9.47 Å². The van der Waals surface area contributed by atoms with E-state index in [2.05, 4.69) is 6.92 Å². The maximum absolute atomic E-state index is 13.2. The molecule has 0 aliphatic carbocycles. The van der Waals surface area contributed by atoms with E-state index in [1.54, 1.807) is 48.5 Å². The van der Waals surface area contributed by atoms with Crippen molar-refractivity contribution in [3.8, 4) is 11.5 Å². The fourth-order valence-corrected chi connectivity index (χ4v) is 4.39. The molecule has 0 bridgehead atoms. The van der Waals surface area contributed by atoms with Crippen LogP contribution in [0, 0.1) is 10.1 Å². The molecule has 0 aliphatic heterocycles. The Hall–Kier alpha value is -3.67. The van der Waals surface area contributed by atoms with Crippen molar-refractivity contribution >= 4 is 11.5 Å². The van der Waals surface area contributed by atoms with E-state index in [0.29, 0.717) is 34.8 Å². The van der Waals surface area contributed by atoms with Crippen LogP contribution in [0.15, 0.2) is 72.8 Å². The third-order valence-corrected chi connectivity index (χ3v) is 6.57. The average molecular weight is 518 g/mol. The highest BCUT2D eigenvalue weighted by atomic mass is 16.6. The lowest BCUT2D eigenvalue weighted by Crippen LogP contribution is -2.07. The van der Waals surface area contributed by atoms with E-state index in [0.717, 1.165) is 12.8 Å². The Kier molecular flexibility index (Phi) is 12.3. The molecule has 0 saturated carbocycles. The van der Waals surface area contributed by atoms with Gasteiger partial charge in [-0.25, -0.2) is 0 Å². The highest BCUT2D eigenvalue weighted by molar-refractivity contribution is 6.10. The molecule has 3 aromatic rings. The average Bonchev–Trinajstić information content (AvgIpc) is 2.95. The number of carbonyl (C=O) groups is 1. The topological polar surface area (TPSA) is 78.7 Å². The number of nitro groups is 1. The molecule has 3 aromatic carbocycles. The van der Waals surface area contributed by atoms with Crippen molar-refractivity contribution in [1.29, 1.82) is 0 Å². The normalized spacial score (nSPS) is 10.8. The molecule has 0 unspecified atom stereocenters. The Bertz CT molecular complexity index is 1150. The zero-order valence-electron chi connectivity index (χ0n) is 22.4. The molecule has 0 aliphatic rings. The molecule has 0 heterocycles. The summed E-state index contributed by atoms with van der Waals surface area (Å²) in [6.07, 6.45) is 12.6. The van der Waals surface area contributed by atoms with Gasteiger partial charge in [-0.2, -0.15) is 0 Å². The molecule has 0 atom stereocenters. The predicted molar refractivity (Wildman–Crippen MR) is 151 cm³/mol. The highest BCUT2D eigenvalue weighted by Crippen LogP contribution is 2.29. The van der Waals surface area contributed by atoms with Crippen LogP contribution in [-0.4, -0.2) is 17.3 Å². The first-order valence-electron chi connectivity index (χ1n) is 13.8. The summed E-state index contributed by atoms with van der Waals surface area (Å²) in [7, 11) is 0. The van der Waals surface area contributed by atoms with Gasteiger partial charge in [0.1, 0.15) is 18.1 Å². The molecule has 6 nitrogen and oxygen atoms in total. The van der Waals surface area contributed by atoms with Crippen molar-refractivity contribution in [2.45, 2.75) is 77.7 Å². The van der Waals surface area contributed by atoms with Crippen molar-refractivity contribution in [2.24, 2.45) is 0 Å². The molecule has 0 saturated heterocycles. The molecule has 3 rings (SSSR count). The van der Waals surface area contributed by atoms with E-state index >= 15 is 0 Å². The maximum atomic E-state index is 13.2. The first-order valence-corrected chi connectivity index (χ1v) is 13.8. The molecular weight excluding hydrogens is 478 g/mol. The number of carbonyl (C=O) groups excluding carboxylic acids is 1. The zero-order valence-corrected chi connectivity index (χ0v) is 22.4. The second kappa shape index (κ2) is 16.2. The zero-order chi connectivity index (χ0) is 27.0. The summed E-state index contributed by atoms with van der Waals surface area (Å²) in [6.45, 7) is 2.80. The summed E-state index contributed by atoms with van der Waals surface area (Å²) in [6, 6.07) is 20.6. The molecule has 0 spiro atoms. The molecular formula is C32H39NO5. The lowest BCUT2D eigenvalue weighted by Gasteiger charge is -2.14. The van der Waals surface area contributed by atoms with Crippen LogP contribution in [0.1, 0.15) is 92.6 Å². The summed E-state index contributed by atoms with van der Waals surface area (Å²) in [5, 5.41) is 11.4. The number of hydrogen-bond donors (Lipinski definition) is 0. The molecule has 0 amide bonds. The molecule has 0 aromatic heterocycles. The van der Waals surface area contributed by atoms with Gasteiger partial charge in [0.15, 0.2) is 5.78 Å². The molecule has 38 heavy (non-hydrogen) atoms. The van der Waals surface area contributed by atoms with E-state index in [1.165, 1.54) is 57.4 Å². The Morgan fingerprint density at radius 1 is 0.763 bits per heavy atom. The van der Waals surface area contributed by atoms with Crippen LogP contribution in [0.5, 0.6) is 11.5 Å². The molecule has 0 N–H and O–H groups in total. The van der Waals surface area contributed by atoms with Gasteiger partial charge in [0.25, 0.3) is 5.69 Å². The fraction of sp³-hybridized carbons (Fsp3) is 0.406. The van der Waals surface area contributed by atoms with Gasteiger partial charge >= 0.3 is 0 Å². The summed E-state index contributed by atoms with van der Waals surface area (Å²) >= 11 is 0. The van der Waals surface area contributed by atoms with Gasteiger partial charge in [0, 0.05) is 17.7 Å². The van der Waals surface area contributed by atoms with Crippen molar-refractivity contribution < 1.29 is 19.2 Å². The van der Waals surface area contributed by atoms with Crippen molar-refractivity contribution in [1.82, 2.24) is 0 Å². The van der Waals surface area contributed by atoms with E-state index in [-0.39, 0.29) is 18.1 Å². The monoisotopic (exact) mass is 517 g/mol. The molecule has 0 radical (unpaired) electrons. The minimum Gasteiger partial charge on any atom is -0.493 e. The van der Waals surface area contributed by atoms with Gasteiger partial charge < -0.3 is 9.47 Å².